The summed E-state index contributed by atoms with van der Waals surface area (Å²) in [4.78, 5) is 73.5. The number of carboxylic acids is 1. The van der Waals surface area contributed by atoms with Gasteiger partial charge in [-0.3, -0.25) is 28.9 Å². The van der Waals surface area contributed by atoms with Gasteiger partial charge in [-0.2, -0.15) is 0 Å². The maximum atomic E-state index is 14.3. The number of amides is 3. The number of carbonyl (C=O) groups is 5. The van der Waals surface area contributed by atoms with Crippen LogP contribution in [0.3, 0.4) is 0 Å². The van der Waals surface area contributed by atoms with Crippen LogP contribution >= 0.6 is 0 Å². The molecule has 320 valence electrons. The van der Waals surface area contributed by atoms with Crippen LogP contribution < -0.4 is 5.32 Å². The zero-order valence-electron chi connectivity index (χ0n) is 35.9. The van der Waals surface area contributed by atoms with Gasteiger partial charge in [0.1, 0.15) is 11.8 Å². The standard InChI is InChI=1S/C43H72N4O8.CH4/c1-14-29(8)39(46(11)42(51)37(26(2)3)44-41(50)38(27(4)5)45(10)28(6)7)35(54-12)25-36(49)47-22-18-21-33(47)40(55-13)30(9)34(48)24-32(43(52)53)23-31-19-16-15-17-20-31;/h15-17,19-20,26-30,32-33,35,37-40H,14,18,21-25H2,1-13H3,(H,44,50)(H,52,53);1H4/t29-,30-,32+,33-,35+,37-,38-,39?,40+;/m0./s1. The minimum Gasteiger partial charge on any atom is -0.481 e. The fraction of sp³-hybridized carbons (Fsp3) is 0.750. The Labute approximate surface area is 338 Å². The van der Waals surface area contributed by atoms with Gasteiger partial charge in [0.05, 0.1) is 42.7 Å². The molecule has 0 spiro atoms. The van der Waals surface area contributed by atoms with Crippen molar-refractivity contribution in [1.29, 1.82) is 0 Å². The number of hydrogen-bond acceptors (Lipinski definition) is 8. The Morgan fingerprint density at radius 3 is 2.00 bits per heavy atom. The molecular formula is C44H76N4O8. The SMILES string of the molecule is C.CC[C@H](C)C([C@@H](CC(=O)N1CCC[C@H]1[C@H](OC)[C@@H](C)C(=O)C[C@@H](Cc1ccccc1)C(=O)O)OC)N(C)C(=O)[C@@H](NC(=O)[C@H](C(C)C)N(C)C(C)C)C(C)C. The first-order chi connectivity index (χ1) is 25.8. The van der Waals surface area contributed by atoms with Crippen molar-refractivity contribution < 1.29 is 38.6 Å². The number of likely N-dealkylation sites (N-methyl/N-ethyl adjacent to an activating group) is 2. The first-order valence-electron chi connectivity index (χ1n) is 20.3. The zero-order chi connectivity index (χ0) is 41.7. The lowest BCUT2D eigenvalue weighted by Crippen LogP contribution is -2.60. The Kier molecular flexibility index (Phi) is 21.5. The highest BCUT2D eigenvalue weighted by atomic mass is 16.5. The Bertz CT molecular complexity index is 1390. The van der Waals surface area contributed by atoms with Crippen LogP contribution in [0, 0.1) is 29.6 Å². The molecule has 1 aliphatic rings. The first-order valence-corrected chi connectivity index (χ1v) is 20.3. The van der Waals surface area contributed by atoms with E-state index < -0.39 is 48.1 Å². The summed E-state index contributed by atoms with van der Waals surface area (Å²) in [6, 6.07) is 7.35. The third kappa shape index (κ3) is 13.4. The molecule has 3 amide bonds. The lowest BCUT2D eigenvalue weighted by molar-refractivity contribution is -0.148. The van der Waals surface area contributed by atoms with E-state index in [1.807, 2.05) is 97.7 Å². The highest BCUT2D eigenvalue weighted by Crippen LogP contribution is 2.31. The van der Waals surface area contributed by atoms with Crippen LogP contribution in [0.15, 0.2) is 30.3 Å². The molecule has 0 aromatic heterocycles. The molecular weight excluding hydrogens is 713 g/mol. The number of nitrogens with zero attached hydrogens (tertiary/aromatic N) is 3. The van der Waals surface area contributed by atoms with Gasteiger partial charge in [-0.1, -0.05) is 92.6 Å². The fourth-order valence-corrected chi connectivity index (χ4v) is 8.17. The van der Waals surface area contributed by atoms with E-state index in [0.29, 0.717) is 13.0 Å². The number of nitrogens with one attached hydrogen (secondary N) is 1. The van der Waals surface area contributed by atoms with Crippen LogP contribution in [0.25, 0.3) is 0 Å². The Balaban J connectivity index is 0.0000157. The molecule has 1 heterocycles. The van der Waals surface area contributed by atoms with Crippen molar-refractivity contribution in [2.24, 2.45) is 29.6 Å². The van der Waals surface area contributed by atoms with Gasteiger partial charge >= 0.3 is 5.97 Å². The minimum atomic E-state index is -1.03. The molecule has 1 aliphatic heterocycles. The number of aliphatic carboxylic acids is 1. The zero-order valence-corrected chi connectivity index (χ0v) is 35.9. The highest BCUT2D eigenvalue weighted by Gasteiger charge is 2.43. The summed E-state index contributed by atoms with van der Waals surface area (Å²) in [7, 11) is 6.73. The van der Waals surface area contributed by atoms with Crippen LogP contribution in [-0.2, 0) is 39.9 Å². The average Bonchev–Trinajstić information content (AvgIpc) is 3.62. The molecule has 1 unspecified atom stereocenters. The molecule has 0 bridgehead atoms. The number of carboxylic acid groups (broad SMARTS) is 1. The van der Waals surface area contributed by atoms with E-state index in [9.17, 15) is 29.1 Å². The summed E-state index contributed by atoms with van der Waals surface area (Å²) in [5.41, 5.74) is 0.848. The molecule has 56 heavy (non-hydrogen) atoms. The minimum absolute atomic E-state index is 0. The number of methoxy groups -OCH3 is 2. The maximum absolute atomic E-state index is 14.3. The molecule has 1 saturated heterocycles. The number of benzene rings is 1. The van der Waals surface area contributed by atoms with E-state index in [2.05, 4.69) is 5.32 Å². The number of ether oxygens (including phenoxy) is 2. The molecule has 1 aromatic rings. The van der Waals surface area contributed by atoms with Gasteiger partial charge in [0.25, 0.3) is 0 Å². The van der Waals surface area contributed by atoms with Crippen LogP contribution in [0.2, 0.25) is 0 Å². The molecule has 9 atom stereocenters. The predicted molar refractivity (Wildman–Crippen MR) is 222 cm³/mol. The lowest BCUT2D eigenvalue weighted by Gasteiger charge is -2.41. The van der Waals surface area contributed by atoms with Crippen LogP contribution in [-0.4, -0.2) is 127 Å². The van der Waals surface area contributed by atoms with Gasteiger partial charge in [0.15, 0.2) is 0 Å². The number of rotatable bonds is 23. The Morgan fingerprint density at radius 2 is 1.52 bits per heavy atom. The van der Waals surface area contributed by atoms with Crippen molar-refractivity contribution in [2.75, 3.05) is 34.9 Å². The predicted octanol–water partition coefficient (Wildman–Crippen LogP) is 5.95. The topological polar surface area (TPSA) is 146 Å². The summed E-state index contributed by atoms with van der Waals surface area (Å²) < 4.78 is 11.9. The second-order valence-corrected chi connectivity index (χ2v) is 16.7. The highest BCUT2D eigenvalue weighted by molar-refractivity contribution is 5.90. The largest absolute Gasteiger partial charge is 0.481 e. The second-order valence-electron chi connectivity index (χ2n) is 16.7. The molecule has 1 fully saturated rings. The van der Waals surface area contributed by atoms with Crippen molar-refractivity contribution in [3.05, 3.63) is 35.9 Å². The van der Waals surface area contributed by atoms with Crippen molar-refractivity contribution in [2.45, 2.75) is 151 Å². The Morgan fingerprint density at radius 1 is 0.911 bits per heavy atom. The average molecular weight is 789 g/mol. The third-order valence-electron chi connectivity index (χ3n) is 11.9. The van der Waals surface area contributed by atoms with E-state index in [0.717, 1.165) is 18.4 Å². The molecule has 0 saturated carbocycles. The van der Waals surface area contributed by atoms with Gasteiger partial charge < -0.3 is 29.7 Å². The third-order valence-corrected chi connectivity index (χ3v) is 11.9. The number of Topliss-reactive ketones (excluding diaryl/α,β-unsaturated/α-hetero) is 1. The smallest absolute Gasteiger partial charge is 0.307 e. The number of likely N-dealkylation sites (tertiary alicyclic amines) is 1. The van der Waals surface area contributed by atoms with Crippen molar-refractivity contribution in [3.8, 4) is 0 Å². The van der Waals surface area contributed by atoms with E-state index in [1.54, 1.807) is 30.9 Å². The van der Waals surface area contributed by atoms with Crippen molar-refractivity contribution in [1.82, 2.24) is 20.0 Å². The summed E-state index contributed by atoms with van der Waals surface area (Å²) >= 11 is 0. The normalized spacial score (nSPS) is 18.8. The van der Waals surface area contributed by atoms with E-state index >= 15 is 0 Å². The summed E-state index contributed by atoms with van der Waals surface area (Å²) in [6.45, 7) is 18.2. The van der Waals surface area contributed by atoms with Gasteiger partial charge in [0.2, 0.25) is 17.7 Å². The molecule has 0 aliphatic carbocycles. The second kappa shape index (κ2) is 23.8. The van der Waals surface area contributed by atoms with Crippen LogP contribution in [0.5, 0.6) is 0 Å². The Hall–Kier alpha value is -3.35. The number of ketones is 1. The summed E-state index contributed by atoms with van der Waals surface area (Å²) in [6.07, 6.45) is 0.925. The van der Waals surface area contributed by atoms with Crippen molar-refractivity contribution >= 4 is 29.5 Å². The van der Waals surface area contributed by atoms with Crippen LogP contribution in [0.1, 0.15) is 107 Å². The van der Waals surface area contributed by atoms with E-state index in [-0.39, 0.29) is 80.0 Å². The summed E-state index contributed by atoms with van der Waals surface area (Å²) in [5, 5.41) is 13.0. The molecule has 2 N–H and O–H groups in total. The maximum Gasteiger partial charge on any atom is 0.307 e. The van der Waals surface area contributed by atoms with Crippen LogP contribution in [0.4, 0.5) is 0 Å². The van der Waals surface area contributed by atoms with Gasteiger partial charge in [-0.15, -0.1) is 0 Å². The molecule has 12 nitrogen and oxygen atoms in total. The van der Waals surface area contributed by atoms with Crippen molar-refractivity contribution in [3.63, 3.8) is 0 Å². The van der Waals surface area contributed by atoms with Gasteiger partial charge in [0, 0.05) is 46.2 Å². The quantitative estimate of drug-likeness (QED) is 0.137. The fourth-order valence-electron chi connectivity index (χ4n) is 8.17. The number of carbonyl (C=O) groups excluding carboxylic acids is 4. The van der Waals surface area contributed by atoms with Gasteiger partial charge in [-0.05, 0) is 63.5 Å². The van der Waals surface area contributed by atoms with Gasteiger partial charge in [-0.25, -0.2) is 0 Å². The molecule has 1 aromatic carbocycles. The lowest BCUT2D eigenvalue weighted by atomic mass is 9.85. The first kappa shape index (κ1) is 50.7. The monoisotopic (exact) mass is 789 g/mol. The van der Waals surface area contributed by atoms with E-state index in [1.165, 1.54) is 7.11 Å². The molecule has 2 rings (SSSR count). The summed E-state index contributed by atoms with van der Waals surface area (Å²) in [5.74, 6) is -3.57. The molecule has 0 radical (unpaired) electrons. The van der Waals surface area contributed by atoms with E-state index in [4.69, 9.17) is 9.47 Å². The molecule has 12 heteroatoms. The number of hydrogen-bond donors (Lipinski definition) is 2.